The van der Waals surface area contributed by atoms with E-state index in [0.29, 0.717) is 23.7 Å². The molecule has 2 aromatic carbocycles. The van der Waals surface area contributed by atoms with Gasteiger partial charge in [-0.2, -0.15) is 0 Å². The molecule has 5 heteroatoms. The summed E-state index contributed by atoms with van der Waals surface area (Å²) in [5.74, 6) is -0.0779. The predicted octanol–water partition coefficient (Wildman–Crippen LogP) is 2.52. The fourth-order valence-corrected chi connectivity index (χ4v) is 3.53. The number of carbonyl (C=O) groups is 2. The quantitative estimate of drug-likeness (QED) is 0.875. The Balaban J connectivity index is 1.50. The van der Waals surface area contributed by atoms with E-state index < -0.39 is 0 Å². The molecule has 0 aliphatic carbocycles. The van der Waals surface area contributed by atoms with Gasteiger partial charge in [0.15, 0.2) is 0 Å². The van der Waals surface area contributed by atoms with Crippen LogP contribution in [-0.2, 0) is 6.42 Å². The molecule has 2 amide bonds. The van der Waals surface area contributed by atoms with Crippen molar-refractivity contribution in [3.63, 3.8) is 0 Å². The molecule has 0 atom stereocenters. The van der Waals surface area contributed by atoms with Crippen LogP contribution in [0.3, 0.4) is 0 Å². The van der Waals surface area contributed by atoms with E-state index >= 15 is 0 Å². The van der Waals surface area contributed by atoms with E-state index in [2.05, 4.69) is 5.32 Å². The van der Waals surface area contributed by atoms with E-state index in [1.165, 1.54) is 0 Å². The van der Waals surface area contributed by atoms with Gasteiger partial charge in [-0.1, -0.05) is 29.8 Å². The summed E-state index contributed by atoms with van der Waals surface area (Å²) >= 11 is 5.85. The molecule has 1 spiro atoms. The van der Waals surface area contributed by atoms with Crippen LogP contribution in [0.15, 0.2) is 48.5 Å². The van der Waals surface area contributed by atoms with Crippen LogP contribution in [0.2, 0.25) is 5.02 Å². The average Bonchev–Trinajstić information content (AvgIpc) is 2.52. The summed E-state index contributed by atoms with van der Waals surface area (Å²) in [7, 11) is 0. The van der Waals surface area contributed by atoms with Gasteiger partial charge >= 0.3 is 0 Å². The molecule has 2 aliphatic rings. The van der Waals surface area contributed by atoms with E-state index in [1.807, 2.05) is 24.3 Å². The Morgan fingerprint density at radius 2 is 1.78 bits per heavy atom. The van der Waals surface area contributed by atoms with E-state index in [0.717, 1.165) is 17.5 Å². The van der Waals surface area contributed by atoms with Gasteiger partial charge < -0.3 is 10.2 Å². The maximum absolute atomic E-state index is 12.5. The van der Waals surface area contributed by atoms with Gasteiger partial charge in [0.25, 0.3) is 11.8 Å². The van der Waals surface area contributed by atoms with Crippen LogP contribution in [0.4, 0.5) is 0 Å². The van der Waals surface area contributed by atoms with Crippen LogP contribution >= 0.6 is 11.6 Å². The summed E-state index contributed by atoms with van der Waals surface area (Å²) in [6.45, 7) is 1.07. The fourth-order valence-electron chi connectivity index (χ4n) is 3.41. The molecule has 4 rings (SSSR count). The topological polar surface area (TPSA) is 49.4 Å². The first-order valence-electron chi connectivity index (χ1n) is 7.52. The summed E-state index contributed by atoms with van der Waals surface area (Å²) in [4.78, 5) is 26.5. The van der Waals surface area contributed by atoms with Crippen molar-refractivity contribution in [3.05, 3.63) is 70.2 Å². The van der Waals surface area contributed by atoms with Gasteiger partial charge in [0, 0.05) is 29.2 Å². The summed E-state index contributed by atoms with van der Waals surface area (Å²) in [6, 6.07) is 14.5. The number of nitrogens with zero attached hydrogens (tertiary/aromatic N) is 1. The summed E-state index contributed by atoms with van der Waals surface area (Å²) in [6.07, 6.45) is 0.763. The van der Waals surface area contributed by atoms with Crippen LogP contribution in [0.25, 0.3) is 0 Å². The van der Waals surface area contributed by atoms with Gasteiger partial charge in [0.2, 0.25) is 0 Å². The van der Waals surface area contributed by atoms with Crippen LogP contribution in [0.1, 0.15) is 26.3 Å². The first kappa shape index (κ1) is 14.3. The second-order valence-electron chi connectivity index (χ2n) is 6.24. The standard InChI is InChI=1S/C18H15ClN2O2/c19-14-7-5-12(6-8-14)17(23)21-10-18(11-21)9-13-3-1-2-4-15(13)16(22)20-18/h1-8H,9-11H2,(H,20,22). The van der Waals surface area contributed by atoms with Gasteiger partial charge in [-0.3, -0.25) is 9.59 Å². The van der Waals surface area contributed by atoms with E-state index in [1.54, 1.807) is 29.2 Å². The molecule has 116 valence electrons. The highest BCUT2D eigenvalue weighted by Crippen LogP contribution is 2.32. The molecule has 0 radical (unpaired) electrons. The predicted molar refractivity (Wildman–Crippen MR) is 87.7 cm³/mol. The van der Waals surface area contributed by atoms with Crippen molar-refractivity contribution in [1.82, 2.24) is 10.2 Å². The third-order valence-corrected chi connectivity index (χ3v) is 4.79. The maximum Gasteiger partial charge on any atom is 0.254 e. The zero-order chi connectivity index (χ0) is 16.0. The van der Waals surface area contributed by atoms with Crippen LogP contribution in [-0.4, -0.2) is 35.3 Å². The van der Waals surface area contributed by atoms with Gasteiger partial charge in [0.05, 0.1) is 5.54 Å². The lowest BCUT2D eigenvalue weighted by Crippen LogP contribution is -2.73. The molecule has 1 saturated heterocycles. The van der Waals surface area contributed by atoms with E-state index in [9.17, 15) is 9.59 Å². The van der Waals surface area contributed by atoms with Crippen molar-refractivity contribution in [2.24, 2.45) is 0 Å². The molecule has 1 fully saturated rings. The van der Waals surface area contributed by atoms with Crippen molar-refractivity contribution in [2.45, 2.75) is 12.0 Å². The van der Waals surface area contributed by atoms with Gasteiger partial charge in [-0.25, -0.2) is 0 Å². The number of rotatable bonds is 1. The highest BCUT2D eigenvalue weighted by molar-refractivity contribution is 6.30. The first-order chi connectivity index (χ1) is 11.1. The molecule has 23 heavy (non-hydrogen) atoms. The zero-order valence-electron chi connectivity index (χ0n) is 12.4. The lowest BCUT2D eigenvalue weighted by molar-refractivity contribution is 0.0253. The number of nitrogens with one attached hydrogen (secondary N) is 1. The molecule has 2 aliphatic heterocycles. The summed E-state index contributed by atoms with van der Waals surface area (Å²) in [5.41, 5.74) is 2.08. The third kappa shape index (κ3) is 2.39. The van der Waals surface area contributed by atoms with Crippen molar-refractivity contribution in [3.8, 4) is 0 Å². The van der Waals surface area contributed by atoms with Gasteiger partial charge in [-0.15, -0.1) is 0 Å². The van der Waals surface area contributed by atoms with Crippen LogP contribution in [0, 0.1) is 0 Å². The smallest absolute Gasteiger partial charge is 0.254 e. The highest BCUT2D eigenvalue weighted by atomic mass is 35.5. The van der Waals surface area contributed by atoms with Crippen molar-refractivity contribution >= 4 is 23.4 Å². The highest BCUT2D eigenvalue weighted by Gasteiger charge is 2.49. The lowest BCUT2D eigenvalue weighted by Gasteiger charge is -2.52. The second-order valence-corrected chi connectivity index (χ2v) is 6.67. The Morgan fingerprint density at radius 3 is 2.52 bits per heavy atom. The number of hydrogen-bond acceptors (Lipinski definition) is 2. The Kier molecular flexibility index (Phi) is 3.16. The van der Waals surface area contributed by atoms with E-state index in [-0.39, 0.29) is 17.4 Å². The fraction of sp³-hybridized carbons (Fsp3) is 0.222. The summed E-state index contributed by atoms with van der Waals surface area (Å²) in [5, 5.41) is 3.69. The molecule has 0 aromatic heterocycles. The molecule has 0 saturated carbocycles. The maximum atomic E-state index is 12.5. The molecule has 0 unspecified atom stereocenters. The number of halogens is 1. The van der Waals surface area contributed by atoms with Crippen LogP contribution in [0.5, 0.6) is 0 Å². The van der Waals surface area contributed by atoms with Gasteiger partial charge in [0.1, 0.15) is 0 Å². The van der Waals surface area contributed by atoms with Crippen molar-refractivity contribution < 1.29 is 9.59 Å². The number of carbonyl (C=O) groups excluding carboxylic acids is 2. The van der Waals surface area contributed by atoms with Crippen molar-refractivity contribution in [2.75, 3.05) is 13.1 Å². The molecular weight excluding hydrogens is 312 g/mol. The van der Waals surface area contributed by atoms with Crippen LogP contribution < -0.4 is 5.32 Å². The Hall–Kier alpha value is -2.33. The number of hydrogen-bond donors (Lipinski definition) is 1. The monoisotopic (exact) mass is 326 g/mol. The van der Waals surface area contributed by atoms with Gasteiger partial charge in [-0.05, 0) is 42.3 Å². The van der Waals surface area contributed by atoms with Crippen molar-refractivity contribution in [1.29, 1.82) is 0 Å². The van der Waals surface area contributed by atoms with E-state index in [4.69, 9.17) is 11.6 Å². The molecule has 2 heterocycles. The number of likely N-dealkylation sites (tertiary alicyclic amines) is 1. The molecule has 1 N–H and O–H groups in total. The lowest BCUT2D eigenvalue weighted by atomic mass is 9.78. The summed E-state index contributed by atoms with van der Waals surface area (Å²) < 4.78 is 0. The zero-order valence-corrected chi connectivity index (χ0v) is 13.1. The third-order valence-electron chi connectivity index (χ3n) is 4.53. The molecule has 2 aromatic rings. The Bertz CT molecular complexity index is 795. The normalized spacial score (nSPS) is 18.1. The largest absolute Gasteiger partial charge is 0.343 e. The number of amides is 2. The minimum Gasteiger partial charge on any atom is -0.343 e. The minimum absolute atomic E-state index is 0.0274. The Morgan fingerprint density at radius 1 is 1.09 bits per heavy atom. The number of fused-ring (bicyclic) bond motifs is 1. The number of benzene rings is 2. The first-order valence-corrected chi connectivity index (χ1v) is 7.89. The molecule has 0 bridgehead atoms. The molecule has 4 nitrogen and oxygen atoms in total. The average molecular weight is 327 g/mol. The SMILES string of the molecule is O=C1NC2(Cc3ccccc31)CN(C(=O)c1ccc(Cl)cc1)C2. The second kappa shape index (κ2) is 5.10. The minimum atomic E-state index is -0.326. The Labute approximate surface area is 139 Å². The molecular formula is C18H15ClN2O2.